The third kappa shape index (κ3) is 6.76. The first-order chi connectivity index (χ1) is 18.5. The number of nitrogens with one attached hydrogen (secondary N) is 1. The highest BCUT2D eigenvalue weighted by molar-refractivity contribution is 6.32. The van der Waals surface area contributed by atoms with Gasteiger partial charge in [0, 0.05) is 48.9 Å². The first-order valence-corrected chi connectivity index (χ1v) is 12.4. The van der Waals surface area contributed by atoms with Crippen molar-refractivity contribution in [1.82, 2.24) is 20.4 Å². The summed E-state index contributed by atoms with van der Waals surface area (Å²) in [6.07, 6.45) is -3.20. The van der Waals surface area contributed by atoms with Crippen molar-refractivity contribution in [1.29, 1.82) is 0 Å². The standard InChI is InChI=1S/C24H24ClN5O2.C2HF3O2/c1-15(2)31-21-7-6-16(14-20(21)25)24-28-22(29-32-24)18-4-3-5-19-17(18)8-9-27-23(19)30-12-10-26-11-13-30;3-2(4,5)1(6)7/h3-9,14-15,26H,10-13H2,1-2H3;(H,6,7). The predicted octanol–water partition coefficient (Wildman–Crippen LogP) is 5.44. The Morgan fingerprint density at radius 2 is 1.87 bits per heavy atom. The molecule has 0 radical (unpaired) electrons. The second-order valence-corrected chi connectivity index (χ2v) is 9.22. The van der Waals surface area contributed by atoms with Gasteiger partial charge in [-0.2, -0.15) is 18.2 Å². The van der Waals surface area contributed by atoms with Crippen molar-refractivity contribution in [2.75, 3.05) is 31.1 Å². The molecule has 0 saturated carbocycles. The van der Waals surface area contributed by atoms with Crippen LogP contribution in [0.1, 0.15) is 13.8 Å². The molecule has 9 nitrogen and oxygen atoms in total. The molecular weight excluding hydrogens is 539 g/mol. The minimum Gasteiger partial charge on any atom is -0.489 e. The van der Waals surface area contributed by atoms with Gasteiger partial charge in [-0.05, 0) is 43.5 Å². The number of nitrogens with zero attached hydrogens (tertiary/aromatic N) is 4. The molecule has 5 rings (SSSR count). The number of carboxylic acids is 1. The largest absolute Gasteiger partial charge is 0.490 e. The van der Waals surface area contributed by atoms with E-state index in [0.29, 0.717) is 22.5 Å². The van der Waals surface area contributed by atoms with Crippen LogP contribution in [0.3, 0.4) is 0 Å². The minimum atomic E-state index is -5.08. The zero-order valence-electron chi connectivity index (χ0n) is 21.0. The number of halogens is 4. The van der Waals surface area contributed by atoms with Gasteiger partial charge in [0.1, 0.15) is 11.6 Å². The fourth-order valence-electron chi connectivity index (χ4n) is 3.95. The summed E-state index contributed by atoms with van der Waals surface area (Å²) in [5.74, 6) is -0.199. The van der Waals surface area contributed by atoms with E-state index in [9.17, 15) is 13.2 Å². The highest BCUT2D eigenvalue weighted by atomic mass is 35.5. The Hall–Kier alpha value is -3.90. The van der Waals surface area contributed by atoms with Crippen LogP contribution in [0.25, 0.3) is 33.6 Å². The molecule has 1 saturated heterocycles. The Labute approximate surface area is 226 Å². The van der Waals surface area contributed by atoms with Gasteiger partial charge in [-0.15, -0.1) is 0 Å². The van der Waals surface area contributed by atoms with E-state index in [1.165, 1.54) is 0 Å². The quantitative estimate of drug-likeness (QED) is 0.328. The molecule has 13 heteroatoms. The van der Waals surface area contributed by atoms with Crippen LogP contribution in [0.15, 0.2) is 53.2 Å². The van der Waals surface area contributed by atoms with E-state index in [1.54, 1.807) is 6.07 Å². The molecule has 1 aliphatic rings. The Kier molecular flexibility index (Phi) is 8.56. The summed E-state index contributed by atoms with van der Waals surface area (Å²) < 4.78 is 43.0. The highest BCUT2D eigenvalue weighted by Gasteiger charge is 2.38. The maximum atomic E-state index is 10.6. The maximum absolute atomic E-state index is 10.6. The number of carboxylic acid groups (broad SMARTS) is 1. The lowest BCUT2D eigenvalue weighted by Gasteiger charge is -2.29. The van der Waals surface area contributed by atoms with Gasteiger partial charge in [0.25, 0.3) is 5.89 Å². The Bertz CT molecular complexity index is 1460. The molecular formula is C26H25ClF3N5O4. The molecule has 0 amide bonds. The van der Waals surface area contributed by atoms with E-state index >= 15 is 0 Å². The van der Waals surface area contributed by atoms with Crippen molar-refractivity contribution < 1.29 is 32.3 Å². The highest BCUT2D eigenvalue weighted by Crippen LogP contribution is 2.34. The molecule has 0 aliphatic carbocycles. The van der Waals surface area contributed by atoms with E-state index in [0.717, 1.165) is 53.9 Å². The Morgan fingerprint density at radius 3 is 2.51 bits per heavy atom. The number of fused-ring (bicyclic) bond motifs is 1. The lowest BCUT2D eigenvalue weighted by molar-refractivity contribution is -0.192. The van der Waals surface area contributed by atoms with Gasteiger partial charge < -0.3 is 24.6 Å². The molecule has 206 valence electrons. The summed E-state index contributed by atoms with van der Waals surface area (Å²) in [5, 5.41) is 17.4. The molecule has 0 atom stereocenters. The van der Waals surface area contributed by atoms with Crippen LogP contribution >= 0.6 is 11.6 Å². The molecule has 39 heavy (non-hydrogen) atoms. The number of ether oxygens (including phenoxy) is 1. The molecule has 3 heterocycles. The molecule has 1 aliphatic heterocycles. The van der Waals surface area contributed by atoms with Crippen molar-refractivity contribution in [3.05, 3.63) is 53.7 Å². The summed E-state index contributed by atoms with van der Waals surface area (Å²) in [6, 6.07) is 13.6. The number of aliphatic carboxylic acids is 1. The number of anilines is 1. The molecule has 0 spiro atoms. The third-order valence-corrected chi connectivity index (χ3v) is 5.95. The van der Waals surface area contributed by atoms with Crippen molar-refractivity contribution in [3.8, 4) is 28.6 Å². The van der Waals surface area contributed by atoms with Gasteiger partial charge in [0.2, 0.25) is 5.82 Å². The van der Waals surface area contributed by atoms with Gasteiger partial charge in [0.05, 0.1) is 11.1 Å². The van der Waals surface area contributed by atoms with Crippen molar-refractivity contribution in [2.24, 2.45) is 0 Å². The van der Waals surface area contributed by atoms with E-state index in [4.69, 9.17) is 30.8 Å². The van der Waals surface area contributed by atoms with Crippen LogP contribution in [0, 0.1) is 0 Å². The molecule has 1 fully saturated rings. The average molecular weight is 564 g/mol. The average Bonchev–Trinajstić information content (AvgIpc) is 3.39. The van der Waals surface area contributed by atoms with E-state index < -0.39 is 12.1 Å². The lowest BCUT2D eigenvalue weighted by Crippen LogP contribution is -2.43. The van der Waals surface area contributed by atoms with Gasteiger partial charge in [-0.25, -0.2) is 9.78 Å². The van der Waals surface area contributed by atoms with Crippen LogP contribution < -0.4 is 15.0 Å². The van der Waals surface area contributed by atoms with E-state index in [-0.39, 0.29) is 6.10 Å². The molecule has 2 aromatic carbocycles. The second kappa shape index (κ2) is 11.9. The summed E-state index contributed by atoms with van der Waals surface area (Å²) in [7, 11) is 0. The first kappa shape index (κ1) is 28.1. The minimum absolute atomic E-state index is 0.0419. The molecule has 4 aromatic rings. The van der Waals surface area contributed by atoms with Crippen molar-refractivity contribution >= 4 is 34.2 Å². The SMILES string of the molecule is CC(C)Oc1ccc(-c2nc(-c3cccc4c(N5CCNCC5)nccc34)no2)cc1Cl.O=C(O)C(F)(F)F. The number of benzene rings is 2. The van der Waals surface area contributed by atoms with Crippen LogP contribution in [0.2, 0.25) is 5.02 Å². The van der Waals surface area contributed by atoms with Crippen molar-refractivity contribution in [2.45, 2.75) is 26.1 Å². The number of piperazine rings is 1. The van der Waals surface area contributed by atoms with Crippen molar-refractivity contribution in [3.63, 3.8) is 0 Å². The van der Waals surface area contributed by atoms with Crippen LogP contribution in [-0.4, -0.2) is 64.7 Å². The number of hydrogen-bond donors (Lipinski definition) is 2. The third-order valence-electron chi connectivity index (χ3n) is 5.65. The fourth-order valence-corrected chi connectivity index (χ4v) is 4.17. The summed E-state index contributed by atoms with van der Waals surface area (Å²) in [4.78, 5) is 20.5. The first-order valence-electron chi connectivity index (χ1n) is 12.0. The van der Waals surface area contributed by atoms with Gasteiger partial charge in [-0.3, -0.25) is 0 Å². The monoisotopic (exact) mass is 563 g/mol. The topological polar surface area (TPSA) is 114 Å². The molecule has 0 bridgehead atoms. The van der Waals surface area contributed by atoms with Gasteiger partial charge in [-0.1, -0.05) is 35.0 Å². The Morgan fingerprint density at radius 1 is 1.15 bits per heavy atom. The van der Waals surface area contributed by atoms with E-state index in [1.807, 2.05) is 50.4 Å². The number of pyridine rings is 1. The molecule has 0 unspecified atom stereocenters. The summed E-state index contributed by atoms with van der Waals surface area (Å²) in [6.45, 7) is 7.69. The summed E-state index contributed by atoms with van der Waals surface area (Å²) in [5.41, 5.74) is 1.65. The zero-order valence-corrected chi connectivity index (χ0v) is 21.8. The van der Waals surface area contributed by atoms with Gasteiger partial charge in [0.15, 0.2) is 0 Å². The van der Waals surface area contributed by atoms with Gasteiger partial charge >= 0.3 is 12.1 Å². The smallest absolute Gasteiger partial charge is 0.489 e. The Balaban J connectivity index is 0.000000448. The number of hydrogen-bond acceptors (Lipinski definition) is 8. The number of aromatic nitrogens is 3. The second-order valence-electron chi connectivity index (χ2n) is 8.81. The number of alkyl halides is 3. The lowest BCUT2D eigenvalue weighted by atomic mass is 10.0. The normalized spacial score (nSPS) is 13.8. The number of carbonyl (C=O) groups is 1. The predicted molar refractivity (Wildman–Crippen MR) is 140 cm³/mol. The van der Waals surface area contributed by atoms with Crippen LogP contribution in [0.5, 0.6) is 5.75 Å². The maximum Gasteiger partial charge on any atom is 0.490 e. The number of rotatable bonds is 5. The molecule has 2 aromatic heterocycles. The zero-order chi connectivity index (χ0) is 28.2. The molecule has 2 N–H and O–H groups in total. The van der Waals surface area contributed by atoms with Crippen LogP contribution in [0.4, 0.5) is 19.0 Å². The summed E-state index contributed by atoms with van der Waals surface area (Å²) >= 11 is 6.39. The van der Waals surface area contributed by atoms with E-state index in [2.05, 4.69) is 31.4 Å². The van der Waals surface area contributed by atoms with Crippen LogP contribution in [-0.2, 0) is 4.79 Å². The fraction of sp³-hybridized carbons (Fsp3) is 0.308.